The molecule has 0 atom stereocenters. The van der Waals surface area contributed by atoms with Crippen LogP contribution in [-0.2, 0) is 16.0 Å². The Balaban J connectivity index is 1.24. The van der Waals surface area contributed by atoms with Gasteiger partial charge >= 0.3 is 5.97 Å². The number of piperidine rings is 1. The molecule has 1 amide bonds. The van der Waals surface area contributed by atoms with Crippen LogP contribution in [0.4, 0.5) is 0 Å². The molecule has 35 heavy (non-hydrogen) atoms. The minimum absolute atomic E-state index is 0.0932. The molecule has 2 aliphatic rings. The number of nitrogens with zero attached hydrogens (tertiary/aromatic N) is 2. The number of carbonyl (C=O) groups is 2. The second-order valence-corrected chi connectivity index (χ2v) is 10.3. The van der Waals surface area contributed by atoms with Crippen molar-refractivity contribution in [3.63, 3.8) is 0 Å². The van der Waals surface area contributed by atoms with E-state index in [9.17, 15) is 19.8 Å². The fraction of sp³-hybridized carbons (Fsp3) is 0.414. The topological polar surface area (TPSA) is 90.7 Å². The second-order valence-electron chi connectivity index (χ2n) is 10.3. The number of hydrogen-bond donors (Lipinski definition) is 2. The number of carboxylic acid groups (broad SMARTS) is 1. The van der Waals surface area contributed by atoms with Crippen molar-refractivity contribution in [1.82, 2.24) is 9.88 Å². The average molecular weight is 473 g/mol. The maximum atomic E-state index is 12.5. The van der Waals surface area contributed by atoms with Crippen molar-refractivity contribution < 1.29 is 19.8 Å². The molecule has 2 aromatic carbocycles. The molecule has 1 aliphatic heterocycles. The number of carbonyl (C=O) groups excluding carboxylic acids is 1. The highest BCUT2D eigenvalue weighted by Crippen LogP contribution is 2.43. The SMILES string of the molecule is O=C(O)CCC1(CCc2ccc(-c3ccc4cccnc4c3)cc2)CCN(C(=O)C2(O)CC2)CC1. The van der Waals surface area contributed by atoms with Crippen LogP contribution in [0, 0.1) is 5.41 Å². The summed E-state index contributed by atoms with van der Waals surface area (Å²) in [4.78, 5) is 30.1. The van der Waals surface area contributed by atoms with Crippen molar-refractivity contribution in [2.75, 3.05) is 13.1 Å². The monoisotopic (exact) mass is 472 g/mol. The minimum atomic E-state index is -1.14. The maximum Gasteiger partial charge on any atom is 0.303 e. The van der Waals surface area contributed by atoms with Crippen molar-refractivity contribution in [2.24, 2.45) is 5.41 Å². The predicted octanol–water partition coefficient (Wildman–Crippen LogP) is 4.83. The molecule has 1 saturated carbocycles. The van der Waals surface area contributed by atoms with Gasteiger partial charge in [0.15, 0.2) is 0 Å². The lowest BCUT2D eigenvalue weighted by Crippen LogP contribution is -2.48. The number of hydrogen-bond acceptors (Lipinski definition) is 4. The summed E-state index contributed by atoms with van der Waals surface area (Å²) >= 11 is 0. The van der Waals surface area contributed by atoms with Crippen molar-refractivity contribution in [3.05, 3.63) is 66.4 Å². The van der Waals surface area contributed by atoms with Crippen molar-refractivity contribution >= 4 is 22.8 Å². The Hall–Kier alpha value is -3.25. The first-order valence-electron chi connectivity index (χ1n) is 12.5. The summed E-state index contributed by atoms with van der Waals surface area (Å²) in [7, 11) is 0. The Bertz CT molecular complexity index is 1220. The first-order valence-corrected chi connectivity index (χ1v) is 12.5. The molecule has 182 valence electrons. The number of benzene rings is 2. The number of aryl methyl sites for hydroxylation is 1. The predicted molar refractivity (Wildman–Crippen MR) is 135 cm³/mol. The van der Waals surface area contributed by atoms with Crippen molar-refractivity contribution in [3.8, 4) is 11.1 Å². The van der Waals surface area contributed by atoms with E-state index in [0.29, 0.717) is 32.4 Å². The molecule has 3 aromatic rings. The van der Waals surface area contributed by atoms with Crippen LogP contribution >= 0.6 is 0 Å². The van der Waals surface area contributed by atoms with Crippen LogP contribution in [0.15, 0.2) is 60.8 Å². The highest BCUT2D eigenvalue weighted by Gasteiger charge is 2.51. The Morgan fingerprint density at radius 1 is 0.914 bits per heavy atom. The number of pyridine rings is 1. The summed E-state index contributed by atoms with van der Waals surface area (Å²) < 4.78 is 0. The van der Waals surface area contributed by atoms with Gasteiger partial charge in [-0.15, -0.1) is 0 Å². The van der Waals surface area contributed by atoms with Crippen molar-refractivity contribution in [1.29, 1.82) is 0 Å². The summed E-state index contributed by atoms with van der Waals surface area (Å²) in [5.41, 5.74) is 3.26. The van der Waals surface area contributed by atoms with Crippen LogP contribution < -0.4 is 0 Å². The van der Waals surface area contributed by atoms with Crippen LogP contribution in [0.2, 0.25) is 0 Å². The third-order valence-electron chi connectivity index (χ3n) is 7.94. The van der Waals surface area contributed by atoms with E-state index in [2.05, 4.69) is 53.5 Å². The number of aromatic nitrogens is 1. The van der Waals surface area contributed by atoms with Crippen LogP contribution in [0.3, 0.4) is 0 Å². The van der Waals surface area contributed by atoms with E-state index in [1.807, 2.05) is 12.3 Å². The molecule has 0 bridgehead atoms. The lowest BCUT2D eigenvalue weighted by Gasteiger charge is -2.42. The first-order chi connectivity index (χ1) is 16.9. The summed E-state index contributed by atoms with van der Waals surface area (Å²) in [5.74, 6) is -0.923. The average Bonchev–Trinajstić information content (AvgIpc) is 3.65. The first kappa shape index (κ1) is 23.5. The zero-order valence-corrected chi connectivity index (χ0v) is 19.9. The summed E-state index contributed by atoms with van der Waals surface area (Å²) in [6.07, 6.45) is 7.01. The highest BCUT2D eigenvalue weighted by molar-refractivity contribution is 5.88. The molecule has 2 fully saturated rings. The van der Waals surface area contributed by atoms with Gasteiger partial charge < -0.3 is 15.1 Å². The fourth-order valence-corrected chi connectivity index (χ4v) is 5.33. The number of rotatable bonds is 8. The third-order valence-corrected chi connectivity index (χ3v) is 7.94. The number of aliphatic carboxylic acids is 1. The molecule has 1 aromatic heterocycles. The second kappa shape index (κ2) is 9.42. The lowest BCUT2D eigenvalue weighted by atomic mass is 9.71. The molecule has 1 aliphatic carbocycles. The Morgan fingerprint density at radius 3 is 2.31 bits per heavy atom. The van der Waals surface area contributed by atoms with Gasteiger partial charge in [0.05, 0.1) is 5.52 Å². The Morgan fingerprint density at radius 2 is 1.63 bits per heavy atom. The van der Waals surface area contributed by atoms with E-state index in [1.165, 1.54) is 5.56 Å². The van der Waals surface area contributed by atoms with Crippen molar-refractivity contribution in [2.45, 2.75) is 57.0 Å². The van der Waals surface area contributed by atoms with Crippen LogP contribution in [0.5, 0.6) is 0 Å². The highest BCUT2D eigenvalue weighted by atomic mass is 16.4. The normalized spacial score (nSPS) is 18.4. The summed E-state index contributed by atoms with van der Waals surface area (Å²) in [6.45, 7) is 1.19. The maximum absolute atomic E-state index is 12.5. The molecule has 2 heterocycles. The van der Waals surface area contributed by atoms with Gasteiger partial charge in [-0.3, -0.25) is 14.6 Å². The lowest BCUT2D eigenvalue weighted by molar-refractivity contribution is -0.146. The fourth-order valence-electron chi connectivity index (χ4n) is 5.33. The van der Waals surface area contributed by atoms with Crippen LogP contribution in [0.25, 0.3) is 22.0 Å². The molecule has 2 N–H and O–H groups in total. The molecule has 6 nitrogen and oxygen atoms in total. The quantitative estimate of drug-likeness (QED) is 0.490. The zero-order chi connectivity index (χ0) is 24.5. The zero-order valence-electron chi connectivity index (χ0n) is 19.9. The van der Waals surface area contributed by atoms with Gasteiger partial charge in [-0.2, -0.15) is 0 Å². The van der Waals surface area contributed by atoms with Gasteiger partial charge in [0.1, 0.15) is 5.60 Å². The molecule has 1 saturated heterocycles. The van der Waals surface area contributed by atoms with Gasteiger partial charge in [-0.25, -0.2) is 0 Å². The number of amides is 1. The summed E-state index contributed by atoms with van der Waals surface area (Å²) in [5, 5.41) is 20.6. The number of likely N-dealkylation sites (tertiary alicyclic amines) is 1. The van der Waals surface area contributed by atoms with Gasteiger partial charge in [0.25, 0.3) is 5.91 Å². The van der Waals surface area contributed by atoms with E-state index in [0.717, 1.165) is 47.7 Å². The van der Waals surface area contributed by atoms with Gasteiger partial charge in [0.2, 0.25) is 0 Å². The van der Waals surface area contributed by atoms with E-state index >= 15 is 0 Å². The van der Waals surface area contributed by atoms with Crippen LogP contribution in [-0.4, -0.2) is 50.7 Å². The van der Waals surface area contributed by atoms with E-state index in [-0.39, 0.29) is 17.7 Å². The molecule has 0 unspecified atom stereocenters. The van der Waals surface area contributed by atoms with Crippen LogP contribution in [0.1, 0.15) is 50.5 Å². The Labute approximate surface area is 205 Å². The number of aliphatic hydroxyl groups is 1. The molecule has 5 rings (SSSR count). The largest absolute Gasteiger partial charge is 0.481 e. The minimum Gasteiger partial charge on any atom is -0.481 e. The molecule has 0 radical (unpaired) electrons. The summed E-state index contributed by atoms with van der Waals surface area (Å²) in [6, 6.07) is 18.9. The van der Waals surface area contributed by atoms with Gasteiger partial charge in [-0.05, 0) is 79.2 Å². The molecule has 6 heteroatoms. The molecule has 0 spiro atoms. The molecular weight excluding hydrogens is 440 g/mol. The van der Waals surface area contributed by atoms with E-state index < -0.39 is 11.6 Å². The smallest absolute Gasteiger partial charge is 0.303 e. The number of carboxylic acids is 1. The Kier molecular flexibility index (Phi) is 6.32. The van der Waals surface area contributed by atoms with Gasteiger partial charge in [-0.1, -0.05) is 42.5 Å². The van der Waals surface area contributed by atoms with E-state index in [4.69, 9.17) is 0 Å². The van der Waals surface area contributed by atoms with Gasteiger partial charge in [0, 0.05) is 31.1 Å². The van der Waals surface area contributed by atoms with E-state index in [1.54, 1.807) is 4.90 Å². The number of fused-ring (bicyclic) bond motifs is 1. The molecular formula is C29H32N2O4. The standard InChI is InChI=1S/C29H32N2O4/c32-26(33)10-12-28(15-18-31(19-16-28)27(34)29(35)13-14-29)11-9-21-3-5-22(6-4-21)24-8-7-23-2-1-17-30-25(23)20-24/h1-8,17,20,35H,9-16,18-19H2,(H,32,33). The third kappa shape index (κ3) is 5.22.